The molecule has 25 heavy (non-hydrogen) atoms. The number of aromatic hydroxyl groups is 2. The molecule has 2 heterocycles. The molecular weight excluding hydrogens is 348 g/mol. The van der Waals surface area contributed by atoms with Crippen LogP contribution in [0.2, 0.25) is 5.02 Å². The third-order valence-corrected chi connectivity index (χ3v) is 4.40. The van der Waals surface area contributed by atoms with E-state index in [1.807, 2.05) is 0 Å². The van der Waals surface area contributed by atoms with Crippen LogP contribution in [0.1, 0.15) is 18.2 Å². The van der Waals surface area contributed by atoms with Crippen molar-refractivity contribution in [2.24, 2.45) is 0 Å². The van der Waals surface area contributed by atoms with Crippen molar-refractivity contribution in [1.29, 1.82) is 0 Å². The van der Waals surface area contributed by atoms with Gasteiger partial charge in [-0.25, -0.2) is 0 Å². The van der Waals surface area contributed by atoms with Gasteiger partial charge >= 0.3 is 0 Å². The molecular formula is C16H17ClN4O4. The molecule has 1 aliphatic heterocycles. The molecule has 0 unspecified atom stereocenters. The number of benzene rings is 1. The minimum absolute atomic E-state index is 0.0614. The van der Waals surface area contributed by atoms with Crippen molar-refractivity contribution in [1.82, 2.24) is 20.4 Å². The van der Waals surface area contributed by atoms with Crippen LogP contribution in [0.5, 0.6) is 11.5 Å². The average molecular weight is 365 g/mol. The molecule has 0 spiro atoms. The summed E-state index contributed by atoms with van der Waals surface area (Å²) < 4.78 is 0. The Labute approximate surface area is 148 Å². The van der Waals surface area contributed by atoms with E-state index in [-0.39, 0.29) is 34.9 Å². The first kappa shape index (κ1) is 17.1. The second-order valence-corrected chi connectivity index (χ2v) is 6.23. The standard InChI is InChI=1S/C16H17ClN4O4/c1-8(22)18-6-15(25)21-3-2-12-10(7-21)16(20-19-12)9-4-11(17)14(24)5-13(9)23/h4-5,23-24H,2-3,6-7H2,1H3,(H,18,22)(H,19,20). The van der Waals surface area contributed by atoms with Crippen LogP contribution in [0.25, 0.3) is 11.3 Å². The molecule has 2 aromatic rings. The maximum Gasteiger partial charge on any atom is 0.242 e. The minimum Gasteiger partial charge on any atom is -0.507 e. The molecule has 0 aliphatic carbocycles. The number of nitrogens with one attached hydrogen (secondary N) is 2. The molecule has 0 radical (unpaired) electrons. The number of fused-ring (bicyclic) bond motifs is 1. The Bertz CT molecular complexity index is 849. The SMILES string of the molecule is CC(=O)NCC(=O)N1CCc2[nH]nc(-c3cc(Cl)c(O)cc3O)c2C1. The topological polar surface area (TPSA) is 119 Å². The molecule has 0 atom stereocenters. The first-order chi connectivity index (χ1) is 11.9. The number of phenols is 2. The Morgan fingerprint density at radius 1 is 1.36 bits per heavy atom. The Morgan fingerprint density at radius 2 is 2.12 bits per heavy atom. The summed E-state index contributed by atoms with van der Waals surface area (Å²) in [6, 6.07) is 2.59. The summed E-state index contributed by atoms with van der Waals surface area (Å²) in [5.74, 6) is -0.836. The number of hydrogen-bond donors (Lipinski definition) is 4. The number of hydrogen-bond acceptors (Lipinski definition) is 5. The van der Waals surface area contributed by atoms with Crippen molar-refractivity contribution in [3.63, 3.8) is 0 Å². The Hall–Kier alpha value is -2.74. The zero-order valence-corrected chi connectivity index (χ0v) is 14.2. The van der Waals surface area contributed by atoms with Gasteiger partial charge in [-0.15, -0.1) is 0 Å². The summed E-state index contributed by atoms with van der Waals surface area (Å²) in [5, 5.41) is 29.4. The number of H-pyrrole nitrogens is 1. The van der Waals surface area contributed by atoms with Crippen molar-refractivity contribution in [2.75, 3.05) is 13.1 Å². The maximum absolute atomic E-state index is 12.2. The van der Waals surface area contributed by atoms with Crippen molar-refractivity contribution in [3.8, 4) is 22.8 Å². The van der Waals surface area contributed by atoms with Crippen LogP contribution in [0, 0.1) is 0 Å². The molecule has 0 fully saturated rings. The van der Waals surface area contributed by atoms with E-state index in [1.54, 1.807) is 4.90 Å². The lowest BCUT2D eigenvalue weighted by molar-refractivity contribution is -0.133. The van der Waals surface area contributed by atoms with E-state index in [2.05, 4.69) is 15.5 Å². The van der Waals surface area contributed by atoms with E-state index < -0.39 is 0 Å². The minimum atomic E-state index is -0.265. The number of phenolic OH excluding ortho intramolecular Hbond substituents is 2. The zero-order chi connectivity index (χ0) is 18.1. The molecule has 9 heteroatoms. The van der Waals surface area contributed by atoms with Gasteiger partial charge in [-0.1, -0.05) is 11.6 Å². The number of halogens is 1. The summed E-state index contributed by atoms with van der Waals surface area (Å²) >= 11 is 5.93. The number of aromatic nitrogens is 2. The second-order valence-electron chi connectivity index (χ2n) is 5.83. The first-order valence-electron chi connectivity index (χ1n) is 7.67. The summed E-state index contributed by atoms with van der Waals surface area (Å²) in [7, 11) is 0. The lowest BCUT2D eigenvalue weighted by Crippen LogP contribution is -2.42. The second kappa shape index (κ2) is 6.64. The van der Waals surface area contributed by atoms with Gasteiger partial charge in [0.15, 0.2) is 0 Å². The highest BCUT2D eigenvalue weighted by Crippen LogP contribution is 2.39. The van der Waals surface area contributed by atoms with Crippen LogP contribution in [0.15, 0.2) is 12.1 Å². The van der Waals surface area contributed by atoms with E-state index >= 15 is 0 Å². The maximum atomic E-state index is 12.2. The lowest BCUT2D eigenvalue weighted by atomic mass is 10.00. The van der Waals surface area contributed by atoms with Gasteiger partial charge in [0.1, 0.15) is 17.2 Å². The Kier molecular flexibility index (Phi) is 4.54. The van der Waals surface area contributed by atoms with Gasteiger partial charge < -0.3 is 20.4 Å². The van der Waals surface area contributed by atoms with Crippen LogP contribution >= 0.6 is 11.6 Å². The highest BCUT2D eigenvalue weighted by molar-refractivity contribution is 6.32. The van der Waals surface area contributed by atoms with Gasteiger partial charge in [-0.2, -0.15) is 5.10 Å². The number of rotatable bonds is 3. The number of nitrogens with zero attached hydrogens (tertiary/aromatic N) is 2. The normalized spacial score (nSPS) is 13.4. The predicted octanol–water partition coefficient (Wildman–Crippen LogP) is 1.16. The van der Waals surface area contributed by atoms with Gasteiger partial charge in [-0.3, -0.25) is 14.7 Å². The molecule has 3 rings (SSSR count). The lowest BCUT2D eigenvalue weighted by Gasteiger charge is -2.27. The van der Waals surface area contributed by atoms with Crippen LogP contribution in [0.4, 0.5) is 0 Å². The fraction of sp³-hybridized carbons (Fsp3) is 0.312. The van der Waals surface area contributed by atoms with E-state index in [0.717, 1.165) is 17.3 Å². The zero-order valence-electron chi connectivity index (χ0n) is 13.5. The summed E-state index contributed by atoms with van der Waals surface area (Å²) in [6.45, 7) is 2.11. The molecule has 1 aromatic heterocycles. The third kappa shape index (κ3) is 3.39. The Balaban J connectivity index is 1.88. The smallest absolute Gasteiger partial charge is 0.242 e. The highest BCUT2D eigenvalue weighted by Gasteiger charge is 2.27. The van der Waals surface area contributed by atoms with Crippen LogP contribution in [-0.2, 0) is 22.6 Å². The number of aromatic amines is 1. The van der Waals surface area contributed by atoms with E-state index in [1.165, 1.54) is 13.0 Å². The molecule has 0 bridgehead atoms. The van der Waals surface area contributed by atoms with Gasteiger partial charge in [0, 0.05) is 49.3 Å². The van der Waals surface area contributed by atoms with Crippen molar-refractivity contribution in [3.05, 3.63) is 28.4 Å². The van der Waals surface area contributed by atoms with Crippen molar-refractivity contribution >= 4 is 23.4 Å². The number of amides is 2. The fourth-order valence-electron chi connectivity index (χ4n) is 2.78. The highest BCUT2D eigenvalue weighted by atomic mass is 35.5. The van der Waals surface area contributed by atoms with Crippen LogP contribution in [-0.4, -0.2) is 50.2 Å². The molecule has 8 nitrogen and oxygen atoms in total. The van der Waals surface area contributed by atoms with Gasteiger partial charge in [0.2, 0.25) is 11.8 Å². The quantitative estimate of drug-likeness (QED) is 0.651. The molecule has 132 valence electrons. The summed E-state index contributed by atoms with van der Waals surface area (Å²) in [5.41, 5.74) is 2.50. The number of carbonyl (C=O) groups is 2. The van der Waals surface area contributed by atoms with E-state index in [4.69, 9.17) is 11.6 Å². The van der Waals surface area contributed by atoms with Crippen LogP contribution < -0.4 is 5.32 Å². The monoisotopic (exact) mass is 364 g/mol. The Morgan fingerprint density at radius 3 is 2.84 bits per heavy atom. The van der Waals surface area contributed by atoms with Gasteiger partial charge in [0.05, 0.1) is 11.6 Å². The third-order valence-electron chi connectivity index (χ3n) is 4.10. The predicted molar refractivity (Wildman–Crippen MR) is 90.2 cm³/mol. The van der Waals surface area contributed by atoms with Gasteiger partial charge in [-0.05, 0) is 6.07 Å². The molecule has 0 saturated carbocycles. The fourth-order valence-corrected chi connectivity index (χ4v) is 2.95. The van der Waals surface area contributed by atoms with Crippen molar-refractivity contribution < 1.29 is 19.8 Å². The van der Waals surface area contributed by atoms with Gasteiger partial charge in [0.25, 0.3) is 0 Å². The van der Waals surface area contributed by atoms with E-state index in [0.29, 0.717) is 30.8 Å². The van der Waals surface area contributed by atoms with Crippen molar-refractivity contribution in [2.45, 2.75) is 19.9 Å². The van der Waals surface area contributed by atoms with E-state index in [9.17, 15) is 19.8 Å². The summed E-state index contributed by atoms with van der Waals surface area (Å²) in [4.78, 5) is 24.8. The molecule has 1 aromatic carbocycles. The molecule has 4 N–H and O–H groups in total. The molecule has 2 amide bonds. The largest absolute Gasteiger partial charge is 0.507 e. The number of carbonyl (C=O) groups excluding carboxylic acids is 2. The average Bonchev–Trinajstić information content (AvgIpc) is 2.98. The molecule has 0 saturated heterocycles. The first-order valence-corrected chi connectivity index (χ1v) is 8.04. The van der Waals surface area contributed by atoms with Crippen LogP contribution in [0.3, 0.4) is 0 Å². The summed E-state index contributed by atoms with van der Waals surface area (Å²) in [6.07, 6.45) is 0.584. The molecule has 1 aliphatic rings.